The van der Waals surface area contributed by atoms with E-state index in [1.165, 1.54) is 0 Å². The van der Waals surface area contributed by atoms with E-state index in [0.29, 0.717) is 17.8 Å². The van der Waals surface area contributed by atoms with Crippen molar-refractivity contribution in [2.24, 2.45) is 0 Å². The minimum atomic E-state index is -0.512. The molecule has 5 nitrogen and oxygen atoms in total. The van der Waals surface area contributed by atoms with E-state index < -0.39 is 6.73 Å². The predicted octanol–water partition coefficient (Wildman–Crippen LogP) is -1.94. The fourth-order valence-electron chi connectivity index (χ4n) is 0.172. The van der Waals surface area contributed by atoms with Gasteiger partial charge in [0.05, 0.1) is 0 Å². The molecule has 2 N–H and O–H groups in total. The monoisotopic (exact) mass is 118 g/mol. The maximum absolute atomic E-state index is 9.67. The molecule has 0 saturated carbocycles. The molecule has 0 aromatic heterocycles. The van der Waals surface area contributed by atoms with Gasteiger partial charge in [-0.15, -0.1) is 0 Å². The number of nitrogens with zero attached hydrogens (tertiary/aromatic N) is 1. The Hall–Kier alpha value is -1.10. The molecular formula is C3H6N2O3. The number of rotatable bonds is 4. The molecule has 0 atom stereocenters. The van der Waals surface area contributed by atoms with E-state index in [9.17, 15) is 9.59 Å². The Bertz CT molecular complexity index is 84.6. The summed E-state index contributed by atoms with van der Waals surface area (Å²) in [7, 11) is 0. The molecule has 0 saturated heterocycles. The van der Waals surface area contributed by atoms with Crippen LogP contribution in [0, 0.1) is 0 Å². The number of carbonyl (C=O) groups excluding carboxylic acids is 2. The average Bonchev–Trinajstić information content (AvgIpc) is 1.83. The van der Waals surface area contributed by atoms with Crippen LogP contribution in [0.2, 0.25) is 0 Å². The summed E-state index contributed by atoms with van der Waals surface area (Å²) in [5.74, 6) is 0. The molecule has 0 aromatic carbocycles. The van der Waals surface area contributed by atoms with E-state index in [2.05, 4.69) is 0 Å². The lowest BCUT2D eigenvalue weighted by atomic mass is 11.0. The summed E-state index contributed by atoms with van der Waals surface area (Å²) in [5.41, 5.74) is 1.92. The van der Waals surface area contributed by atoms with E-state index >= 15 is 0 Å². The molecular weight excluding hydrogens is 112 g/mol. The highest BCUT2D eigenvalue weighted by Crippen LogP contribution is 1.64. The Morgan fingerprint density at radius 3 is 2.38 bits per heavy atom. The van der Waals surface area contributed by atoms with Crippen LogP contribution in [0.1, 0.15) is 0 Å². The van der Waals surface area contributed by atoms with Gasteiger partial charge in [0.15, 0.2) is 0 Å². The summed E-state index contributed by atoms with van der Waals surface area (Å²) in [6.45, 7) is -0.512. The Kier molecular flexibility index (Phi) is 3.51. The first-order chi connectivity index (χ1) is 3.85. The van der Waals surface area contributed by atoms with Crippen LogP contribution in [-0.4, -0.2) is 29.7 Å². The summed E-state index contributed by atoms with van der Waals surface area (Å²) in [6.07, 6.45) is 0.596. The van der Waals surface area contributed by atoms with Crippen molar-refractivity contribution in [1.82, 2.24) is 10.4 Å². The van der Waals surface area contributed by atoms with Crippen LogP contribution in [0.4, 0.5) is 0 Å². The molecule has 2 amide bonds. The number of nitrogens with one attached hydrogen (secondary N) is 1. The van der Waals surface area contributed by atoms with Crippen molar-refractivity contribution >= 4 is 12.8 Å². The van der Waals surface area contributed by atoms with Crippen molar-refractivity contribution in [3.05, 3.63) is 0 Å². The van der Waals surface area contributed by atoms with Crippen LogP contribution in [0.15, 0.2) is 0 Å². The smallest absolute Gasteiger partial charge is 0.230 e. The minimum Gasteiger partial charge on any atom is -0.374 e. The molecule has 0 bridgehead atoms. The van der Waals surface area contributed by atoms with Gasteiger partial charge < -0.3 is 5.11 Å². The van der Waals surface area contributed by atoms with Gasteiger partial charge in [-0.1, -0.05) is 0 Å². The van der Waals surface area contributed by atoms with Crippen molar-refractivity contribution in [3.8, 4) is 0 Å². The molecule has 0 spiro atoms. The lowest BCUT2D eigenvalue weighted by Gasteiger charge is -2.08. The number of hydrazine groups is 1. The lowest BCUT2D eigenvalue weighted by Crippen LogP contribution is -2.36. The molecule has 0 aromatic rings. The standard InChI is InChI=1S/C3H6N2O3/c6-1-4-5(2-7)3-8/h1-2,8H,3H2,(H,4,6). The molecule has 0 rings (SSSR count). The van der Waals surface area contributed by atoms with Gasteiger partial charge in [-0.05, 0) is 0 Å². The van der Waals surface area contributed by atoms with Crippen molar-refractivity contribution in [2.45, 2.75) is 0 Å². The highest BCUT2D eigenvalue weighted by Gasteiger charge is 1.90. The van der Waals surface area contributed by atoms with Crippen molar-refractivity contribution < 1.29 is 14.7 Å². The van der Waals surface area contributed by atoms with E-state index in [-0.39, 0.29) is 0 Å². The maximum atomic E-state index is 9.67. The molecule has 0 heterocycles. The zero-order chi connectivity index (χ0) is 6.41. The third-order valence-corrected chi connectivity index (χ3v) is 0.498. The normalized spacial score (nSPS) is 7.62. The first-order valence-corrected chi connectivity index (χ1v) is 1.87. The van der Waals surface area contributed by atoms with Gasteiger partial charge >= 0.3 is 0 Å². The van der Waals surface area contributed by atoms with Gasteiger partial charge in [0.2, 0.25) is 12.8 Å². The largest absolute Gasteiger partial charge is 0.374 e. The predicted molar refractivity (Wildman–Crippen MR) is 24.2 cm³/mol. The van der Waals surface area contributed by atoms with Gasteiger partial charge in [0.25, 0.3) is 0 Å². The molecule has 46 valence electrons. The third kappa shape index (κ3) is 2.14. The molecule has 0 aliphatic heterocycles. The summed E-state index contributed by atoms with van der Waals surface area (Å²) >= 11 is 0. The zero-order valence-corrected chi connectivity index (χ0v) is 4.07. The highest BCUT2D eigenvalue weighted by molar-refractivity contribution is 5.53. The summed E-state index contributed by atoms with van der Waals surface area (Å²) in [6, 6.07) is 0. The number of aliphatic hydroxyl groups excluding tert-OH is 1. The fraction of sp³-hybridized carbons (Fsp3) is 0.333. The van der Waals surface area contributed by atoms with Gasteiger partial charge in [-0.25, -0.2) is 5.01 Å². The zero-order valence-electron chi connectivity index (χ0n) is 4.07. The SMILES string of the molecule is O=CNN(C=O)CO. The van der Waals surface area contributed by atoms with Crippen LogP contribution < -0.4 is 5.43 Å². The molecule has 8 heavy (non-hydrogen) atoms. The van der Waals surface area contributed by atoms with E-state index in [0.717, 1.165) is 0 Å². The first kappa shape index (κ1) is 6.90. The van der Waals surface area contributed by atoms with Crippen molar-refractivity contribution in [1.29, 1.82) is 0 Å². The number of carbonyl (C=O) groups is 2. The molecule has 0 aliphatic carbocycles. The van der Waals surface area contributed by atoms with E-state index in [1.807, 2.05) is 5.43 Å². The first-order valence-electron chi connectivity index (χ1n) is 1.87. The third-order valence-electron chi connectivity index (χ3n) is 0.498. The number of hydrogen-bond acceptors (Lipinski definition) is 3. The Balaban J connectivity index is 3.35. The molecule has 0 radical (unpaired) electrons. The summed E-state index contributed by atoms with van der Waals surface area (Å²) in [4.78, 5) is 19.2. The molecule has 0 unspecified atom stereocenters. The number of amides is 2. The number of hydrogen-bond donors (Lipinski definition) is 2. The van der Waals surface area contributed by atoms with Crippen LogP contribution in [0.3, 0.4) is 0 Å². The Morgan fingerprint density at radius 1 is 1.62 bits per heavy atom. The Morgan fingerprint density at radius 2 is 2.25 bits per heavy atom. The van der Waals surface area contributed by atoms with Crippen LogP contribution in [-0.2, 0) is 9.59 Å². The second-order valence-electron chi connectivity index (χ2n) is 0.964. The van der Waals surface area contributed by atoms with Gasteiger partial charge in [-0.3, -0.25) is 15.0 Å². The van der Waals surface area contributed by atoms with E-state index in [4.69, 9.17) is 5.11 Å². The van der Waals surface area contributed by atoms with Crippen molar-refractivity contribution in [2.75, 3.05) is 6.73 Å². The van der Waals surface area contributed by atoms with E-state index in [1.54, 1.807) is 0 Å². The molecule has 5 heteroatoms. The highest BCUT2D eigenvalue weighted by atomic mass is 16.3. The summed E-state index contributed by atoms with van der Waals surface area (Å²) < 4.78 is 0. The van der Waals surface area contributed by atoms with Gasteiger partial charge in [0.1, 0.15) is 6.73 Å². The Labute approximate surface area is 45.9 Å². The number of aliphatic hydroxyl groups is 1. The maximum Gasteiger partial charge on any atom is 0.230 e. The summed E-state index contributed by atoms with van der Waals surface area (Å²) in [5, 5.41) is 8.82. The van der Waals surface area contributed by atoms with Crippen LogP contribution >= 0.6 is 0 Å². The topological polar surface area (TPSA) is 69.6 Å². The van der Waals surface area contributed by atoms with Gasteiger partial charge in [-0.2, -0.15) is 0 Å². The molecule has 0 fully saturated rings. The second kappa shape index (κ2) is 4.07. The molecule has 0 aliphatic rings. The van der Waals surface area contributed by atoms with Crippen LogP contribution in [0.25, 0.3) is 0 Å². The fourth-order valence-corrected chi connectivity index (χ4v) is 0.172. The van der Waals surface area contributed by atoms with Gasteiger partial charge in [0, 0.05) is 0 Å². The average molecular weight is 118 g/mol. The quantitative estimate of drug-likeness (QED) is 0.256. The van der Waals surface area contributed by atoms with Crippen molar-refractivity contribution in [3.63, 3.8) is 0 Å². The minimum absolute atomic E-state index is 0.296. The second-order valence-corrected chi connectivity index (χ2v) is 0.964. The lowest BCUT2D eigenvalue weighted by molar-refractivity contribution is -0.131. The van der Waals surface area contributed by atoms with Crippen LogP contribution in [0.5, 0.6) is 0 Å².